The van der Waals surface area contributed by atoms with Crippen molar-refractivity contribution in [2.75, 3.05) is 10.6 Å². The Kier molecular flexibility index (Phi) is 10.8. The zero-order valence-electron chi connectivity index (χ0n) is 30.7. The highest BCUT2D eigenvalue weighted by Crippen LogP contribution is 2.39. The number of ketones is 2. The molecule has 5 rings (SSSR count). The lowest BCUT2D eigenvalue weighted by Gasteiger charge is -2.23. The number of rotatable bonds is 11. The molecule has 0 heterocycles. The molecule has 0 aliphatic carbocycles. The molecule has 0 unspecified atom stereocenters. The second-order valence-corrected chi connectivity index (χ2v) is 16.3. The summed E-state index contributed by atoms with van der Waals surface area (Å²) in [5.74, 6) is -0.908. The van der Waals surface area contributed by atoms with Gasteiger partial charge in [0.15, 0.2) is 11.6 Å². The molecule has 10 nitrogen and oxygen atoms in total. The van der Waals surface area contributed by atoms with Crippen LogP contribution in [0.4, 0.5) is 22.7 Å². The Bertz CT molecular complexity index is 2390. The Labute approximate surface area is 310 Å². The van der Waals surface area contributed by atoms with Crippen LogP contribution in [0.25, 0.3) is 0 Å². The van der Waals surface area contributed by atoms with Crippen LogP contribution in [-0.4, -0.2) is 37.5 Å². The fourth-order valence-electron chi connectivity index (χ4n) is 7.33. The number of benzene rings is 5. The zero-order chi connectivity index (χ0) is 39.2. The van der Waals surface area contributed by atoms with Crippen molar-refractivity contribution in [1.82, 2.24) is 0 Å². The largest absolute Gasteiger partial charge is 0.355 e. The molecule has 0 amide bonds. The molecule has 0 atom stereocenters. The lowest BCUT2D eigenvalue weighted by Crippen LogP contribution is -2.12. The number of hydrogen-bond donors (Lipinski definition) is 4. The summed E-state index contributed by atoms with van der Waals surface area (Å²) >= 11 is 0. The van der Waals surface area contributed by atoms with E-state index in [4.69, 9.17) is 0 Å². The summed E-state index contributed by atoms with van der Waals surface area (Å²) < 4.78 is 69.5. The van der Waals surface area contributed by atoms with Crippen LogP contribution < -0.4 is 10.6 Å². The van der Waals surface area contributed by atoms with Crippen LogP contribution in [0, 0.1) is 41.5 Å². The van der Waals surface area contributed by atoms with Crippen LogP contribution in [-0.2, 0) is 20.2 Å². The van der Waals surface area contributed by atoms with E-state index in [0.29, 0.717) is 33.6 Å². The van der Waals surface area contributed by atoms with Gasteiger partial charge in [-0.05, 0) is 142 Å². The summed E-state index contributed by atoms with van der Waals surface area (Å²) in [6, 6.07) is 21.4. The van der Waals surface area contributed by atoms with E-state index in [-0.39, 0.29) is 17.1 Å². The second-order valence-electron chi connectivity index (χ2n) is 13.5. The minimum absolute atomic E-state index is 0.0398. The van der Waals surface area contributed by atoms with Gasteiger partial charge in [0.05, 0.1) is 9.79 Å². The zero-order valence-corrected chi connectivity index (χ0v) is 32.4. The smallest absolute Gasteiger partial charge is 0.294 e. The summed E-state index contributed by atoms with van der Waals surface area (Å²) in [6.07, 6.45) is 0. The van der Waals surface area contributed by atoms with E-state index in [1.54, 1.807) is 48.5 Å². The van der Waals surface area contributed by atoms with Gasteiger partial charge in [0.25, 0.3) is 20.2 Å². The lowest BCUT2D eigenvalue weighted by atomic mass is 9.85. The molecular formula is C41H42N2O8S2. The highest BCUT2D eigenvalue weighted by molar-refractivity contribution is 7.86. The molecule has 0 saturated heterocycles. The molecule has 0 spiro atoms. The van der Waals surface area contributed by atoms with Crippen molar-refractivity contribution in [2.45, 2.75) is 71.1 Å². The maximum Gasteiger partial charge on any atom is 0.294 e. The number of aryl methyl sites for hydroxylation is 4. The minimum atomic E-state index is -4.98. The molecule has 4 N–H and O–H groups in total. The molecular weight excluding hydrogens is 713 g/mol. The summed E-state index contributed by atoms with van der Waals surface area (Å²) in [4.78, 5) is 23.5. The fourth-order valence-corrected chi connectivity index (χ4v) is 8.68. The normalized spacial score (nSPS) is 11.8. The molecule has 0 aliphatic heterocycles. The second kappa shape index (κ2) is 14.7. The Balaban J connectivity index is 1.62. The topological polar surface area (TPSA) is 167 Å². The molecule has 12 heteroatoms. The Morgan fingerprint density at radius 3 is 1.28 bits per heavy atom. The Morgan fingerprint density at radius 2 is 0.943 bits per heavy atom. The standard InChI is InChI=1S/C41H42N2O8S2/c1-22-19-24(3)40(26(5)37(22)28(7)44)42-32-13-9-30(10-14-32)39(35-18-17-34(52(46,47)48)21-36(35)53(49,50)51)31-11-15-33(16-12-31)43-41-25(4)20-23(2)38(27(41)6)29(8)45/h9-21,39,42-43H,1-8H3,(H,46,47,48)(H,49,50,51). The van der Waals surface area contributed by atoms with Crippen molar-refractivity contribution in [3.8, 4) is 0 Å². The van der Waals surface area contributed by atoms with Crippen molar-refractivity contribution in [1.29, 1.82) is 0 Å². The van der Waals surface area contributed by atoms with Crippen molar-refractivity contribution >= 4 is 54.6 Å². The van der Waals surface area contributed by atoms with Gasteiger partial charge in [-0.2, -0.15) is 16.8 Å². The number of hydrogen-bond acceptors (Lipinski definition) is 8. The quantitative estimate of drug-likeness (QED) is 0.0580. The van der Waals surface area contributed by atoms with E-state index in [1.165, 1.54) is 19.9 Å². The number of anilines is 4. The van der Waals surface area contributed by atoms with Gasteiger partial charge >= 0.3 is 0 Å². The van der Waals surface area contributed by atoms with Crippen LogP contribution in [0.2, 0.25) is 0 Å². The average molecular weight is 755 g/mol. The van der Waals surface area contributed by atoms with Crippen LogP contribution >= 0.6 is 0 Å². The highest BCUT2D eigenvalue weighted by Gasteiger charge is 2.28. The highest BCUT2D eigenvalue weighted by atomic mass is 32.2. The summed E-state index contributed by atoms with van der Waals surface area (Å²) in [5.41, 5.74) is 10.9. The van der Waals surface area contributed by atoms with E-state index in [1.807, 2.05) is 53.7 Å². The Hall–Kier alpha value is -5.14. The first kappa shape index (κ1) is 39.1. The van der Waals surface area contributed by atoms with E-state index in [2.05, 4.69) is 10.6 Å². The Morgan fingerprint density at radius 1 is 0.547 bits per heavy atom. The molecule has 0 radical (unpaired) electrons. The van der Waals surface area contributed by atoms with Crippen LogP contribution in [0.3, 0.4) is 0 Å². The van der Waals surface area contributed by atoms with Gasteiger partial charge in [-0.3, -0.25) is 18.7 Å². The monoisotopic (exact) mass is 754 g/mol. The third-order valence-corrected chi connectivity index (χ3v) is 11.3. The van der Waals surface area contributed by atoms with Gasteiger partial charge in [0.2, 0.25) is 0 Å². The number of carbonyl (C=O) groups is 2. The van der Waals surface area contributed by atoms with Crippen molar-refractivity contribution in [3.63, 3.8) is 0 Å². The first-order valence-electron chi connectivity index (χ1n) is 16.7. The molecule has 0 fully saturated rings. The van der Waals surface area contributed by atoms with Crippen LogP contribution in [0.1, 0.15) is 90.6 Å². The number of nitrogens with one attached hydrogen (secondary N) is 2. The summed E-state index contributed by atoms with van der Waals surface area (Å²) in [5, 5.41) is 6.82. The van der Waals surface area contributed by atoms with E-state index in [0.717, 1.165) is 56.9 Å². The number of Topliss-reactive ketones (excluding diaryl/α,β-unsaturated/α-hetero) is 2. The van der Waals surface area contributed by atoms with Crippen molar-refractivity contribution in [2.24, 2.45) is 0 Å². The molecule has 0 bridgehead atoms. The summed E-state index contributed by atoms with van der Waals surface area (Å²) in [6.45, 7) is 14.5. The van der Waals surface area contributed by atoms with E-state index in [9.17, 15) is 35.5 Å². The van der Waals surface area contributed by atoms with Gasteiger partial charge < -0.3 is 10.6 Å². The van der Waals surface area contributed by atoms with Gasteiger partial charge in [-0.1, -0.05) is 42.5 Å². The molecule has 276 valence electrons. The molecule has 0 saturated carbocycles. The molecule has 5 aromatic rings. The predicted octanol–water partition coefficient (Wildman–Crippen LogP) is 9.10. The third kappa shape index (κ3) is 8.11. The first-order valence-corrected chi connectivity index (χ1v) is 19.6. The van der Waals surface area contributed by atoms with Gasteiger partial charge in [-0.25, -0.2) is 0 Å². The fraction of sp³-hybridized carbons (Fsp3) is 0.220. The number of carbonyl (C=O) groups excluding carboxylic acids is 2. The molecule has 0 aromatic heterocycles. The molecule has 0 aliphatic rings. The minimum Gasteiger partial charge on any atom is -0.355 e. The molecule has 53 heavy (non-hydrogen) atoms. The predicted molar refractivity (Wildman–Crippen MR) is 208 cm³/mol. The molecule has 5 aromatic carbocycles. The van der Waals surface area contributed by atoms with Gasteiger partial charge in [0, 0.05) is 39.8 Å². The van der Waals surface area contributed by atoms with Crippen LogP contribution in [0.15, 0.2) is 88.7 Å². The third-order valence-electron chi connectivity index (χ3n) is 9.55. The van der Waals surface area contributed by atoms with Gasteiger partial charge in [-0.15, -0.1) is 0 Å². The maximum atomic E-state index is 12.8. The first-order chi connectivity index (χ1) is 24.7. The summed E-state index contributed by atoms with van der Waals surface area (Å²) in [7, 11) is -9.78. The van der Waals surface area contributed by atoms with E-state index >= 15 is 0 Å². The van der Waals surface area contributed by atoms with E-state index < -0.39 is 35.9 Å². The van der Waals surface area contributed by atoms with Gasteiger partial charge in [0.1, 0.15) is 0 Å². The maximum absolute atomic E-state index is 12.8. The van der Waals surface area contributed by atoms with Crippen molar-refractivity contribution in [3.05, 3.63) is 140 Å². The van der Waals surface area contributed by atoms with Crippen LogP contribution in [0.5, 0.6) is 0 Å². The lowest BCUT2D eigenvalue weighted by molar-refractivity contribution is 0.100. The average Bonchev–Trinajstić information content (AvgIpc) is 3.05. The van der Waals surface area contributed by atoms with Crippen molar-refractivity contribution < 1.29 is 35.5 Å². The SMILES string of the molecule is CC(=O)c1c(C)cc(C)c(Nc2ccc(C(c3ccc(Nc4c(C)cc(C)c(C(C)=O)c4C)cc3)c3ccc(S(=O)(=O)O)cc3S(=O)(=O)O)cc2)c1C.